The van der Waals surface area contributed by atoms with Crippen molar-refractivity contribution in [3.63, 3.8) is 0 Å². The zero-order valence-corrected chi connectivity index (χ0v) is 11.7. The number of benzene rings is 1. The Bertz CT molecular complexity index is 656. The number of ether oxygens (including phenoxy) is 1. The van der Waals surface area contributed by atoms with Crippen LogP contribution in [0.4, 0.5) is 24.5 Å². The highest BCUT2D eigenvalue weighted by Crippen LogP contribution is 2.34. The third-order valence-electron chi connectivity index (χ3n) is 2.44. The number of amides is 1. The second kappa shape index (κ2) is 7.38. The molecule has 1 rings (SSSR count). The number of nitrogens with one attached hydrogen (secondary N) is 1. The average molecular weight is 332 g/mol. The van der Waals surface area contributed by atoms with Crippen LogP contribution in [0.3, 0.4) is 0 Å². The van der Waals surface area contributed by atoms with Gasteiger partial charge in [0.2, 0.25) is 0 Å². The Morgan fingerprint density at radius 1 is 1.39 bits per heavy atom. The fraction of sp³-hybridized carbons (Fsp3) is 0.231. The Balaban J connectivity index is 2.89. The summed E-state index contributed by atoms with van der Waals surface area (Å²) in [5, 5.41) is 12.8. The zero-order valence-electron chi connectivity index (χ0n) is 11.7. The second-order valence-electron chi connectivity index (χ2n) is 4.14. The van der Waals surface area contributed by atoms with E-state index >= 15 is 0 Å². The number of hydrogen-bond acceptors (Lipinski definition) is 5. The summed E-state index contributed by atoms with van der Waals surface area (Å²) in [6.45, 7) is 0.814. The molecule has 0 spiro atoms. The number of anilines is 1. The van der Waals surface area contributed by atoms with Gasteiger partial charge >= 0.3 is 12.1 Å². The van der Waals surface area contributed by atoms with Gasteiger partial charge in [0.1, 0.15) is 5.69 Å². The fourth-order valence-electron chi connectivity index (χ4n) is 1.47. The quantitative estimate of drug-likeness (QED) is 0.387. The Morgan fingerprint density at radius 3 is 2.57 bits per heavy atom. The molecule has 10 heteroatoms. The lowest BCUT2D eigenvalue weighted by Gasteiger charge is -2.10. The largest absolute Gasteiger partial charge is 0.452 e. The van der Waals surface area contributed by atoms with Crippen LogP contribution in [0.5, 0.6) is 0 Å². The second-order valence-corrected chi connectivity index (χ2v) is 4.14. The van der Waals surface area contributed by atoms with Crippen LogP contribution >= 0.6 is 0 Å². The van der Waals surface area contributed by atoms with Crippen LogP contribution in [0, 0.1) is 10.1 Å². The van der Waals surface area contributed by atoms with Crippen LogP contribution in [0.15, 0.2) is 30.4 Å². The number of nitro groups is 1. The molecule has 0 heterocycles. The Labute approximate surface area is 127 Å². The maximum absolute atomic E-state index is 12.5. The van der Waals surface area contributed by atoms with Gasteiger partial charge in [-0.25, -0.2) is 4.79 Å². The monoisotopic (exact) mass is 332 g/mol. The van der Waals surface area contributed by atoms with Gasteiger partial charge in [-0.2, -0.15) is 13.2 Å². The zero-order chi connectivity index (χ0) is 17.6. The first-order chi connectivity index (χ1) is 10.6. The number of esters is 1. The van der Waals surface area contributed by atoms with Gasteiger partial charge in [0.15, 0.2) is 6.61 Å². The minimum absolute atomic E-state index is 0.307. The van der Waals surface area contributed by atoms with Crippen molar-refractivity contribution in [3.8, 4) is 0 Å². The van der Waals surface area contributed by atoms with Gasteiger partial charge in [0, 0.05) is 12.1 Å². The van der Waals surface area contributed by atoms with Gasteiger partial charge in [-0.05, 0) is 19.1 Å². The van der Waals surface area contributed by atoms with E-state index in [1.54, 1.807) is 6.92 Å². The van der Waals surface area contributed by atoms with Gasteiger partial charge in [0.25, 0.3) is 11.6 Å². The molecule has 0 fully saturated rings. The maximum Gasteiger partial charge on any atom is 0.416 e. The number of allylic oxidation sites excluding steroid dienone is 1. The van der Waals surface area contributed by atoms with Crippen molar-refractivity contribution >= 4 is 23.3 Å². The number of nitro benzene ring substituents is 1. The number of carbonyl (C=O) groups excluding carboxylic acids is 2. The molecule has 1 aromatic carbocycles. The summed E-state index contributed by atoms with van der Waals surface area (Å²) in [7, 11) is 0. The Hall–Kier alpha value is -2.91. The summed E-state index contributed by atoms with van der Waals surface area (Å²) < 4.78 is 42.1. The molecule has 0 unspecified atom stereocenters. The molecule has 1 aromatic rings. The van der Waals surface area contributed by atoms with Crippen molar-refractivity contribution in [3.05, 3.63) is 46.0 Å². The van der Waals surface area contributed by atoms with Crippen molar-refractivity contribution < 1.29 is 32.4 Å². The lowest BCUT2D eigenvalue weighted by Crippen LogP contribution is -2.21. The fourth-order valence-corrected chi connectivity index (χ4v) is 1.47. The summed E-state index contributed by atoms with van der Waals surface area (Å²) in [6, 6.07) is 1.66. The molecule has 0 aliphatic rings. The summed E-state index contributed by atoms with van der Waals surface area (Å²) in [5.41, 5.74) is -2.58. The van der Waals surface area contributed by atoms with Gasteiger partial charge in [-0.15, -0.1) is 0 Å². The molecule has 0 radical (unpaired) electrons. The standard InChI is InChI=1S/C13H11F3N2O5/c1-2-3-12(20)23-7-11(19)17-9-5-4-8(13(14,15)16)6-10(9)18(21)22/h2-6H,7H2,1H3,(H,17,19)/b3-2+. The van der Waals surface area contributed by atoms with E-state index < -0.39 is 46.5 Å². The van der Waals surface area contributed by atoms with Crippen LogP contribution in [0.2, 0.25) is 0 Å². The molecule has 0 atom stereocenters. The number of rotatable bonds is 5. The van der Waals surface area contributed by atoms with E-state index in [0.717, 1.165) is 12.1 Å². The van der Waals surface area contributed by atoms with E-state index in [9.17, 15) is 32.9 Å². The highest BCUT2D eigenvalue weighted by atomic mass is 19.4. The van der Waals surface area contributed by atoms with Crippen LogP contribution in [0.1, 0.15) is 12.5 Å². The van der Waals surface area contributed by atoms with Gasteiger partial charge in [0.05, 0.1) is 10.5 Å². The molecule has 0 aliphatic heterocycles. The maximum atomic E-state index is 12.5. The van der Waals surface area contributed by atoms with Crippen LogP contribution in [0.25, 0.3) is 0 Å². The van der Waals surface area contributed by atoms with Gasteiger partial charge < -0.3 is 10.1 Å². The molecule has 0 saturated heterocycles. The summed E-state index contributed by atoms with van der Waals surface area (Å²) in [4.78, 5) is 32.3. The topological polar surface area (TPSA) is 98.5 Å². The highest BCUT2D eigenvalue weighted by molar-refractivity contribution is 5.95. The van der Waals surface area contributed by atoms with Crippen LogP contribution < -0.4 is 5.32 Å². The average Bonchev–Trinajstić information content (AvgIpc) is 2.44. The molecule has 0 saturated carbocycles. The van der Waals surface area contributed by atoms with Crippen molar-refractivity contribution in [2.24, 2.45) is 0 Å². The van der Waals surface area contributed by atoms with E-state index in [-0.39, 0.29) is 0 Å². The van der Waals surface area contributed by atoms with Crippen molar-refractivity contribution in [1.82, 2.24) is 0 Å². The molecular weight excluding hydrogens is 321 g/mol. The molecule has 0 aliphatic carbocycles. The normalized spacial score (nSPS) is 11.3. The molecule has 0 bridgehead atoms. The third kappa shape index (κ3) is 5.41. The summed E-state index contributed by atoms with van der Waals surface area (Å²) >= 11 is 0. The van der Waals surface area contributed by atoms with Crippen LogP contribution in [-0.4, -0.2) is 23.4 Å². The number of nitrogens with zero attached hydrogens (tertiary/aromatic N) is 1. The summed E-state index contributed by atoms with van der Waals surface area (Å²) in [5.74, 6) is -1.73. The minimum Gasteiger partial charge on any atom is -0.452 e. The number of hydrogen-bond donors (Lipinski definition) is 1. The Kier molecular flexibility index (Phi) is 5.82. The van der Waals surface area contributed by atoms with Crippen molar-refractivity contribution in [2.45, 2.75) is 13.1 Å². The van der Waals surface area contributed by atoms with Gasteiger partial charge in [-0.1, -0.05) is 6.08 Å². The highest BCUT2D eigenvalue weighted by Gasteiger charge is 2.33. The first-order valence-corrected chi connectivity index (χ1v) is 6.10. The van der Waals surface area contributed by atoms with E-state index in [1.165, 1.54) is 6.08 Å². The lowest BCUT2D eigenvalue weighted by atomic mass is 10.1. The van der Waals surface area contributed by atoms with Crippen LogP contribution in [-0.2, 0) is 20.5 Å². The van der Waals surface area contributed by atoms with Gasteiger partial charge in [-0.3, -0.25) is 14.9 Å². The van der Waals surface area contributed by atoms with E-state index in [2.05, 4.69) is 4.74 Å². The molecular formula is C13H11F3N2O5. The molecule has 23 heavy (non-hydrogen) atoms. The molecule has 0 aromatic heterocycles. The molecule has 1 amide bonds. The number of halogens is 3. The summed E-state index contributed by atoms with van der Waals surface area (Å²) in [6.07, 6.45) is -2.33. The molecule has 124 valence electrons. The predicted molar refractivity (Wildman–Crippen MR) is 72.5 cm³/mol. The smallest absolute Gasteiger partial charge is 0.416 e. The predicted octanol–water partition coefficient (Wildman–Crippen LogP) is 2.67. The number of carbonyl (C=O) groups is 2. The van der Waals surface area contributed by atoms with E-state index in [0.29, 0.717) is 12.1 Å². The van der Waals surface area contributed by atoms with E-state index in [1.807, 2.05) is 5.32 Å². The third-order valence-corrected chi connectivity index (χ3v) is 2.44. The number of alkyl halides is 3. The lowest BCUT2D eigenvalue weighted by molar-refractivity contribution is -0.384. The molecule has 7 nitrogen and oxygen atoms in total. The van der Waals surface area contributed by atoms with E-state index in [4.69, 9.17) is 0 Å². The molecule has 1 N–H and O–H groups in total. The van der Waals surface area contributed by atoms with Crippen molar-refractivity contribution in [2.75, 3.05) is 11.9 Å². The first kappa shape index (κ1) is 18.1. The van der Waals surface area contributed by atoms with Crippen molar-refractivity contribution in [1.29, 1.82) is 0 Å². The minimum atomic E-state index is -4.75. The SMILES string of the molecule is C/C=C/C(=O)OCC(=O)Nc1ccc(C(F)(F)F)cc1[N+](=O)[O-]. The Morgan fingerprint density at radius 2 is 2.04 bits per heavy atom. The first-order valence-electron chi connectivity index (χ1n) is 6.10.